The SMILES string of the molecule is CC(CO)n1ccc(CCS(C)(=O)=O)c1. The van der Waals surface area contributed by atoms with Gasteiger partial charge in [0.05, 0.1) is 18.4 Å². The molecule has 0 spiro atoms. The van der Waals surface area contributed by atoms with Crippen LogP contribution in [0.4, 0.5) is 0 Å². The van der Waals surface area contributed by atoms with Crippen molar-refractivity contribution in [1.29, 1.82) is 0 Å². The van der Waals surface area contributed by atoms with Gasteiger partial charge < -0.3 is 9.67 Å². The fourth-order valence-electron chi connectivity index (χ4n) is 1.28. The molecule has 0 aliphatic rings. The van der Waals surface area contributed by atoms with Gasteiger partial charge in [-0.15, -0.1) is 0 Å². The molecule has 0 fully saturated rings. The van der Waals surface area contributed by atoms with E-state index in [-0.39, 0.29) is 18.4 Å². The number of sulfone groups is 1. The average Bonchev–Trinajstić information content (AvgIpc) is 2.61. The van der Waals surface area contributed by atoms with Crippen molar-refractivity contribution in [1.82, 2.24) is 4.57 Å². The molecule has 1 atom stereocenters. The van der Waals surface area contributed by atoms with Crippen molar-refractivity contribution in [2.75, 3.05) is 18.6 Å². The first kappa shape index (κ1) is 12.3. The van der Waals surface area contributed by atoms with E-state index in [9.17, 15) is 8.42 Å². The van der Waals surface area contributed by atoms with E-state index in [0.717, 1.165) is 5.56 Å². The number of nitrogens with zero attached hydrogens (tertiary/aromatic N) is 1. The number of rotatable bonds is 5. The number of hydrogen-bond donors (Lipinski definition) is 1. The molecular weight excluding hydrogens is 214 g/mol. The molecule has 0 aliphatic heterocycles. The normalized spacial score (nSPS) is 14.1. The Morgan fingerprint density at radius 1 is 1.53 bits per heavy atom. The van der Waals surface area contributed by atoms with Crippen LogP contribution in [0.5, 0.6) is 0 Å². The van der Waals surface area contributed by atoms with Gasteiger partial charge in [0.1, 0.15) is 9.84 Å². The lowest BCUT2D eigenvalue weighted by molar-refractivity contribution is 0.239. The zero-order valence-electron chi connectivity index (χ0n) is 9.05. The maximum atomic E-state index is 11.0. The predicted octanol–water partition coefficient (Wildman–Crippen LogP) is 0.629. The van der Waals surface area contributed by atoms with Gasteiger partial charge in [0.25, 0.3) is 0 Å². The maximum absolute atomic E-state index is 11.0. The number of aliphatic hydroxyl groups excluding tert-OH is 1. The molecule has 0 radical (unpaired) electrons. The van der Waals surface area contributed by atoms with E-state index in [0.29, 0.717) is 6.42 Å². The minimum Gasteiger partial charge on any atom is -0.394 e. The van der Waals surface area contributed by atoms with Crippen LogP contribution < -0.4 is 0 Å². The highest BCUT2D eigenvalue weighted by atomic mass is 32.2. The minimum absolute atomic E-state index is 0.0389. The lowest BCUT2D eigenvalue weighted by Crippen LogP contribution is -2.07. The van der Waals surface area contributed by atoms with Crippen LogP contribution in [0.2, 0.25) is 0 Å². The van der Waals surface area contributed by atoms with Gasteiger partial charge in [0.15, 0.2) is 0 Å². The summed E-state index contributed by atoms with van der Waals surface area (Å²) >= 11 is 0. The molecule has 1 aromatic rings. The Labute approximate surface area is 90.5 Å². The average molecular weight is 231 g/mol. The lowest BCUT2D eigenvalue weighted by atomic mass is 10.3. The Morgan fingerprint density at radius 2 is 2.20 bits per heavy atom. The van der Waals surface area contributed by atoms with Crippen molar-refractivity contribution in [2.24, 2.45) is 0 Å². The highest BCUT2D eigenvalue weighted by Crippen LogP contribution is 2.09. The predicted molar refractivity (Wildman–Crippen MR) is 59.6 cm³/mol. The molecule has 86 valence electrons. The molecule has 15 heavy (non-hydrogen) atoms. The topological polar surface area (TPSA) is 59.3 Å². The van der Waals surface area contributed by atoms with Crippen LogP contribution in [0.1, 0.15) is 18.5 Å². The second-order valence-corrected chi connectivity index (χ2v) is 6.14. The molecule has 0 aromatic carbocycles. The molecule has 0 aliphatic carbocycles. The minimum atomic E-state index is -2.90. The molecular formula is C10H17NO3S. The van der Waals surface area contributed by atoms with Gasteiger partial charge in [-0.2, -0.15) is 0 Å². The second-order valence-electron chi connectivity index (χ2n) is 3.88. The zero-order valence-corrected chi connectivity index (χ0v) is 9.87. The van der Waals surface area contributed by atoms with E-state index < -0.39 is 9.84 Å². The molecule has 1 heterocycles. The molecule has 0 saturated carbocycles. The highest BCUT2D eigenvalue weighted by molar-refractivity contribution is 7.90. The third-order valence-corrected chi connectivity index (χ3v) is 3.26. The Bertz CT molecular complexity index is 408. The van der Waals surface area contributed by atoms with Gasteiger partial charge in [0.2, 0.25) is 0 Å². The summed E-state index contributed by atoms with van der Waals surface area (Å²) in [5, 5.41) is 8.94. The van der Waals surface area contributed by atoms with Crippen molar-refractivity contribution in [2.45, 2.75) is 19.4 Å². The molecule has 0 bridgehead atoms. The monoisotopic (exact) mass is 231 g/mol. The first-order valence-electron chi connectivity index (χ1n) is 4.87. The van der Waals surface area contributed by atoms with Gasteiger partial charge in [0, 0.05) is 18.6 Å². The Hall–Kier alpha value is -0.810. The number of aliphatic hydroxyl groups is 1. The van der Waals surface area contributed by atoms with E-state index in [1.54, 1.807) is 0 Å². The Balaban J connectivity index is 2.61. The van der Waals surface area contributed by atoms with E-state index in [1.165, 1.54) is 6.26 Å². The van der Waals surface area contributed by atoms with Gasteiger partial charge >= 0.3 is 0 Å². The molecule has 1 aromatic heterocycles. The third kappa shape index (κ3) is 4.05. The molecule has 4 nitrogen and oxygen atoms in total. The summed E-state index contributed by atoms with van der Waals surface area (Å²) in [5.74, 6) is 0.171. The summed E-state index contributed by atoms with van der Waals surface area (Å²) in [6.07, 6.45) is 5.51. The Kier molecular flexibility index (Phi) is 3.93. The largest absolute Gasteiger partial charge is 0.394 e. The fourth-order valence-corrected chi connectivity index (χ4v) is 1.89. The summed E-state index contributed by atoms with van der Waals surface area (Å²) in [4.78, 5) is 0. The summed E-state index contributed by atoms with van der Waals surface area (Å²) in [7, 11) is -2.90. The summed E-state index contributed by atoms with van der Waals surface area (Å²) < 4.78 is 23.8. The lowest BCUT2D eigenvalue weighted by Gasteiger charge is -2.08. The van der Waals surface area contributed by atoms with Crippen LogP contribution in [-0.2, 0) is 16.3 Å². The summed E-state index contributed by atoms with van der Waals surface area (Å²) in [6, 6.07) is 1.93. The van der Waals surface area contributed by atoms with Crippen molar-refractivity contribution in [3.8, 4) is 0 Å². The number of hydrogen-bond acceptors (Lipinski definition) is 3. The van der Waals surface area contributed by atoms with E-state index >= 15 is 0 Å². The van der Waals surface area contributed by atoms with E-state index in [2.05, 4.69) is 0 Å². The fraction of sp³-hybridized carbons (Fsp3) is 0.600. The number of aryl methyl sites for hydroxylation is 1. The Morgan fingerprint density at radius 3 is 2.73 bits per heavy atom. The molecule has 1 N–H and O–H groups in total. The molecule has 0 saturated heterocycles. The van der Waals surface area contributed by atoms with Crippen molar-refractivity contribution in [3.63, 3.8) is 0 Å². The van der Waals surface area contributed by atoms with Crippen LogP contribution in [-0.4, -0.2) is 36.7 Å². The van der Waals surface area contributed by atoms with Crippen molar-refractivity contribution >= 4 is 9.84 Å². The first-order chi connectivity index (χ1) is 6.92. The van der Waals surface area contributed by atoms with Crippen LogP contribution >= 0.6 is 0 Å². The first-order valence-corrected chi connectivity index (χ1v) is 6.93. The molecule has 5 heteroatoms. The maximum Gasteiger partial charge on any atom is 0.147 e. The van der Waals surface area contributed by atoms with E-state index in [1.807, 2.05) is 30.0 Å². The van der Waals surface area contributed by atoms with Gasteiger partial charge in [-0.1, -0.05) is 0 Å². The van der Waals surface area contributed by atoms with Crippen LogP contribution in [0.25, 0.3) is 0 Å². The third-order valence-electron chi connectivity index (χ3n) is 2.31. The van der Waals surface area contributed by atoms with Crippen LogP contribution in [0.3, 0.4) is 0 Å². The highest BCUT2D eigenvalue weighted by Gasteiger charge is 2.06. The second kappa shape index (κ2) is 4.81. The molecule has 0 amide bonds. The van der Waals surface area contributed by atoms with Gasteiger partial charge in [-0.25, -0.2) is 8.42 Å². The van der Waals surface area contributed by atoms with Crippen molar-refractivity contribution < 1.29 is 13.5 Å². The quantitative estimate of drug-likeness (QED) is 0.808. The van der Waals surface area contributed by atoms with Crippen molar-refractivity contribution in [3.05, 3.63) is 24.0 Å². The van der Waals surface area contributed by atoms with E-state index in [4.69, 9.17) is 5.11 Å². The van der Waals surface area contributed by atoms with Gasteiger partial charge in [-0.3, -0.25) is 0 Å². The van der Waals surface area contributed by atoms with Gasteiger partial charge in [-0.05, 0) is 25.0 Å². The molecule has 1 rings (SSSR count). The van der Waals surface area contributed by atoms with Crippen LogP contribution in [0.15, 0.2) is 18.5 Å². The summed E-state index contributed by atoms with van der Waals surface area (Å²) in [5.41, 5.74) is 0.987. The standard InChI is InChI=1S/C10H17NO3S/c1-9(8-12)11-5-3-10(7-11)4-6-15(2,13)14/h3,5,7,9,12H,4,6,8H2,1-2H3. The zero-order chi connectivity index (χ0) is 11.5. The number of aromatic nitrogens is 1. The smallest absolute Gasteiger partial charge is 0.147 e. The summed E-state index contributed by atoms with van der Waals surface area (Å²) in [6.45, 7) is 1.99. The van der Waals surface area contributed by atoms with Crippen LogP contribution in [0, 0.1) is 0 Å². The molecule has 1 unspecified atom stereocenters.